The number of rotatable bonds is 1. The monoisotopic (exact) mass is 251 g/mol. The van der Waals surface area contributed by atoms with Crippen LogP contribution in [0.25, 0.3) is 0 Å². The zero-order valence-corrected chi connectivity index (χ0v) is 10.3. The third kappa shape index (κ3) is 2.20. The van der Waals surface area contributed by atoms with E-state index >= 15 is 0 Å². The van der Waals surface area contributed by atoms with E-state index in [9.17, 15) is 4.79 Å². The van der Waals surface area contributed by atoms with Gasteiger partial charge in [-0.05, 0) is 18.2 Å². The van der Waals surface area contributed by atoms with Crippen LogP contribution in [0.4, 0.5) is 11.4 Å². The quantitative estimate of drug-likeness (QED) is 0.762. The Balaban J connectivity index is 2.20. The van der Waals surface area contributed by atoms with Gasteiger partial charge in [-0.15, -0.1) is 0 Å². The SMILES string of the molecule is Nc1ccc2c(c1)C(c1ccccc1)=NCC(=O)N2. The van der Waals surface area contributed by atoms with E-state index in [1.54, 1.807) is 6.07 Å². The first-order valence-corrected chi connectivity index (χ1v) is 6.03. The van der Waals surface area contributed by atoms with Crippen LogP contribution in [-0.2, 0) is 4.79 Å². The summed E-state index contributed by atoms with van der Waals surface area (Å²) < 4.78 is 0. The molecular weight excluding hydrogens is 238 g/mol. The predicted molar refractivity (Wildman–Crippen MR) is 76.4 cm³/mol. The first-order valence-electron chi connectivity index (χ1n) is 6.03. The summed E-state index contributed by atoms with van der Waals surface area (Å²) in [7, 11) is 0. The number of carbonyl (C=O) groups is 1. The molecule has 0 unspecified atom stereocenters. The number of carbonyl (C=O) groups excluding carboxylic acids is 1. The molecule has 0 spiro atoms. The Morgan fingerprint density at radius 2 is 1.89 bits per heavy atom. The van der Waals surface area contributed by atoms with Crippen LogP contribution in [0.15, 0.2) is 53.5 Å². The van der Waals surface area contributed by atoms with Gasteiger partial charge in [0.05, 0.1) is 11.4 Å². The third-order valence-electron chi connectivity index (χ3n) is 3.00. The van der Waals surface area contributed by atoms with E-state index in [0.717, 1.165) is 22.5 Å². The second-order valence-corrected chi connectivity index (χ2v) is 4.38. The topological polar surface area (TPSA) is 67.5 Å². The fourth-order valence-electron chi connectivity index (χ4n) is 2.14. The van der Waals surface area contributed by atoms with Gasteiger partial charge in [-0.3, -0.25) is 9.79 Å². The molecule has 3 N–H and O–H groups in total. The highest BCUT2D eigenvalue weighted by Gasteiger charge is 2.17. The van der Waals surface area contributed by atoms with Gasteiger partial charge in [-0.2, -0.15) is 0 Å². The number of nitrogens with two attached hydrogens (primary N) is 1. The normalized spacial score (nSPS) is 14.1. The largest absolute Gasteiger partial charge is 0.399 e. The lowest BCUT2D eigenvalue weighted by Gasteiger charge is -2.10. The highest BCUT2D eigenvalue weighted by molar-refractivity contribution is 6.19. The van der Waals surface area contributed by atoms with Gasteiger partial charge in [0.1, 0.15) is 6.54 Å². The molecule has 0 fully saturated rings. The maximum Gasteiger partial charge on any atom is 0.246 e. The van der Waals surface area contributed by atoms with E-state index in [4.69, 9.17) is 5.73 Å². The molecule has 0 atom stereocenters. The molecule has 2 aromatic rings. The summed E-state index contributed by atoms with van der Waals surface area (Å²) in [4.78, 5) is 16.1. The summed E-state index contributed by atoms with van der Waals surface area (Å²) in [6.45, 7) is 0.124. The van der Waals surface area contributed by atoms with Gasteiger partial charge in [-0.1, -0.05) is 30.3 Å². The molecule has 19 heavy (non-hydrogen) atoms. The van der Waals surface area contributed by atoms with Crippen LogP contribution < -0.4 is 11.1 Å². The smallest absolute Gasteiger partial charge is 0.246 e. The molecule has 4 heteroatoms. The molecule has 0 saturated carbocycles. The van der Waals surface area contributed by atoms with Crippen molar-refractivity contribution in [1.29, 1.82) is 0 Å². The zero-order valence-electron chi connectivity index (χ0n) is 10.3. The number of hydrogen-bond acceptors (Lipinski definition) is 3. The highest BCUT2D eigenvalue weighted by atomic mass is 16.1. The first-order chi connectivity index (χ1) is 9.24. The number of anilines is 2. The number of nitrogens with zero attached hydrogens (tertiary/aromatic N) is 1. The molecular formula is C15H13N3O. The molecule has 1 aliphatic heterocycles. The van der Waals surface area contributed by atoms with Crippen molar-refractivity contribution in [1.82, 2.24) is 0 Å². The summed E-state index contributed by atoms with van der Waals surface area (Å²) in [6.07, 6.45) is 0. The number of fused-ring (bicyclic) bond motifs is 1. The number of nitrogens with one attached hydrogen (secondary N) is 1. The van der Waals surface area contributed by atoms with E-state index in [1.807, 2.05) is 42.5 Å². The van der Waals surface area contributed by atoms with Crippen molar-refractivity contribution < 1.29 is 4.79 Å². The van der Waals surface area contributed by atoms with Gasteiger partial charge in [0, 0.05) is 16.8 Å². The van der Waals surface area contributed by atoms with Gasteiger partial charge in [-0.25, -0.2) is 0 Å². The van der Waals surface area contributed by atoms with Crippen molar-refractivity contribution >= 4 is 23.0 Å². The molecule has 2 aromatic carbocycles. The highest BCUT2D eigenvalue weighted by Crippen LogP contribution is 2.24. The maximum atomic E-state index is 11.7. The average molecular weight is 251 g/mol. The second-order valence-electron chi connectivity index (χ2n) is 4.38. The van der Waals surface area contributed by atoms with Gasteiger partial charge in [0.2, 0.25) is 5.91 Å². The number of aliphatic imine (C=N–C) groups is 1. The molecule has 0 bridgehead atoms. The number of amides is 1. The number of nitrogen functional groups attached to an aromatic ring is 1. The number of hydrogen-bond donors (Lipinski definition) is 2. The second kappa shape index (κ2) is 4.57. The van der Waals surface area contributed by atoms with Crippen LogP contribution >= 0.6 is 0 Å². The Bertz CT molecular complexity index is 662. The standard InChI is InChI=1S/C15H13N3O/c16-11-6-7-13-12(8-11)15(17-9-14(19)18-13)10-4-2-1-3-5-10/h1-8H,9,16H2,(H,18,19). The summed E-state index contributed by atoms with van der Waals surface area (Å²) in [5.74, 6) is -0.114. The average Bonchev–Trinajstić information content (AvgIpc) is 2.58. The summed E-state index contributed by atoms with van der Waals surface area (Å²) in [6, 6.07) is 15.2. The van der Waals surface area contributed by atoms with Crippen LogP contribution in [0, 0.1) is 0 Å². The molecule has 3 rings (SSSR count). The Morgan fingerprint density at radius 3 is 2.68 bits per heavy atom. The molecule has 0 radical (unpaired) electrons. The van der Waals surface area contributed by atoms with Crippen molar-refractivity contribution in [2.45, 2.75) is 0 Å². The molecule has 1 aliphatic rings. The Labute approximate surface area is 111 Å². The molecule has 94 valence electrons. The van der Waals surface area contributed by atoms with Crippen LogP contribution in [0.5, 0.6) is 0 Å². The van der Waals surface area contributed by atoms with Gasteiger partial charge >= 0.3 is 0 Å². The van der Waals surface area contributed by atoms with Gasteiger partial charge in [0.25, 0.3) is 0 Å². The van der Waals surface area contributed by atoms with E-state index in [-0.39, 0.29) is 12.5 Å². The fraction of sp³-hybridized carbons (Fsp3) is 0.0667. The van der Waals surface area contributed by atoms with Crippen molar-refractivity contribution in [3.05, 3.63) is 59.7 Å². The molecule has 0 saturated heterocycles. The minimum absolute atomic E-state index is 0.114. The minimum atomic E-state index is -0.114. The van der Waals surface area contributed by atoms with Gasteiger partial charge in [0.15, 0.2) is 0 Å². The van der Waals surface area contributed by atoms with E-state index in [2.05, 4.69) is 10.3 Å². The molecule has 0 aliphatic carbocycles. The summed E-state index contributed by atoms with van der Waals surface area (Å²) >= 11 is 0. The van der Waals surface area contributed by atoms with E-state index < -0.39 is 0 Å². The lowest BCUT2D eigenvalue weighted by molar-refractivity contribution is -0.114. The first kappa shape index (κ1) is 11.5. The predicted octanol–water partition coefficient (Wildman–Crippen LogP) is 2.06. The van der Waals surface area contributed by atoms with Crippen molar-refractivity contribution in [3.63, 3.8) is 0 Å². The molecule has 0 aromatic heterocycles. The van der Waals surface area contributed by atoms with E-state index in [1.165, 1.54) is 0 Å². The lowest BCUT2D eigenvalue weighted by Crippen LogP contribution is -2.13. The lowest BCUT2D eigenvalue weighted by atomic mass is 10.00. The number of benzene rings is 2. The molecule has 1 heterocycles. The minimum Gasteiger partial charge on any atom is -0.399 e. The Morgan fingerprint density at radius 1 is 1.11 bits per heavy atom. The number of benzodiazepines with no additional fused rings is 1. The maximum absolute atomic E-state index is 11.7. The van der Waals surface area contributed by atoms with Crippen LogP contribution in [-0.4, -0.2) is 18.2 Å². The zero-order chi connectivity index (χ0) is 13.2. The van der Waals surface area contributed by atoms with Crippen LogP contribution in [0.1, 0.15) is 11.1 Å². The van der Waals surface area contributed by atoms with Crippen molar-refractivity contribution in [2.75, 3.05) is 17.6 Å². The van der Waals surface area contributed by atoms with Crippen LogP contribution in [0.2, 0.25) is 0 Å². The molecule has 1 amide bonds. The Hall–Kier alpha value is -2.62. The Kier molecular flexibility index (Phi) is 2.76. The fourth-order valence-corrected chi connectivity index (χ4v) is 2.14. The van der Waals surface area contributed by atoms with Crippen molar-refractivity contribution in [3.8, 4) is 0 Å². The van der Waals surface area contributed by atoms with Crippen LogP contribution in [0.3, 0.4) is 0 Å². The third-order valence-corrected chi connectivity index (χ3v) is 3.00. The van der Waals surface area contributed by atoms with Gasteiger partial charge < -0.3 is 11.1 Å². The van der Waals surface area contributed by atoms with Crippen molar-refractivity contribution in [2.24, 2.45) is 4.99 Å². The summed E-state index contributed by atoms with van der Waals surface area (Å²) in [5.41, 5.74) is 9.87. The van der Waals surface area contributed by atoms with E-state index in [0.29, 0.717) is 5.69 Å². The molecule has 4 nitrogen and oxygen atoms in total. The summed E-state index contributed by atoms with van der Waals surface area (Å²) in [5, 5.41) is 2.84.